The number of amides is 1. The molecule has 2 N–H and O–H groups in total. The number of halogens is 1. The molecule has 0 spiro atoms. The maximum Gasteiger partial charge on any atom is 0.229 e. The highest BCUT2D eigenvalue weighted by atomic mass is 35.5. The Labute approximate surface area is 136 Å². The van der Waals surface area contributed by atoms with Crippen molar-refractivity contribution in [2.24, 2.45) is 17.6 Å². The molecule has 5 heteroatoms. The van der Waals surface area contributed by atoms with Crippen LogP contribution in [0.1, 0.15) is 25.3 Å². The third kappa shape index (κ3) is 3.08. The van der Waals surface area contributed by atoms with Gasteiger partial charge in [-0.3, -0.25) is 4.79 Å². The number of nitrogens with two attached hydrogens (primary N) is 1. The van der Waals surface area contributed by atoms with E-state index in [1.807, 2.05) is 23.1 Å². The standard InChI is InChI=1S/C17H23ClN2O2/c1-11-4-5-20(15(6-11)9-19)17(21)13-7-12-8-14(18)2-3-16(12)22-10-13/h2-3,8,11,13,15H,4-7,9-10,19H2,1H3. The normalized spacial score (nSPS) is 28.0. The second kappa shape index (κ2) is 6.47. The third-order valence-electron chi connectivity index (χ3n) is 4.81. The first-order chi connectivity index (χ1) is 10.6. The predicted octanol–water partition coefficient (Wildman–Crippen LogP) is 2.48. The molecule has 0 aromatic heterocycles. The largest absolute Gasteiger partial charge is 0.492 e. The van der Waals surface area contributed by atoms with Crippen LogP contribution in [-0.2, 0) is 11.2 Å². The highest BCUT2D eigenvalue weighted by Gasteiger charge is 2.35. The number of piperidine rings is 1. The smallest absolute Gasteiger partial charge is 0.229 e. The van der Waals surface area contributed by atoms with Crippen LogP contribution in [0.5, 0.6) is 5.75 Å². The van der Waals surface area contributed by atoms with Gasteiger partial charge in [-0.05, 0) is 48.9 Å². The first-order valence-electron chi connectivity index (χ1n) is 8.00. The van der Waals surface area contributed by atoms with E-state index in [-0.39, 0.29) is 17.9 Å². The first-order valence-corrected chi connectivity index (χ1v) is 8.38. The maximum absolute atomic E-state index is 12.9. The minimum atomic E-state index is -0.131. The van der Waals surface area contributed by atoms with Crippen molar-refractivity contribution in [2.75, 3.05) is 19.7 Å². The SMILES string of the molecule is CC1CCN(C(=O)C2COc3ccc(Cl)cc3C2)C(CN)C1. The lowest BCUT2D eigenvalue weighted by atomic mass is 9.89. The van der Waals surface area contributed by atoms with Gasteiger partial charge in [0.1, 0.15) is 12.4 Å². The Morgan fingerprint density at radius 1 is 1.50 bits per heavy atom. The van der Waals surface area contributed by atoms with Crippen molar-refractivity contribution < 1.29 is 9.53 Å². The van der Waals surface area contributed by atoms with Gasteiger partial charge >= 0.3 is 0 Å². The van der Waals surface area contributed by atoms with Crippen molar-refractivity contribution in [3.8, 4) is 5.75 Å². The summed E-state index contributed by atoms with van der Waals surface area (Å²) in [5, 5.41) is 0.682. The van der Waals surface area contributed by atoms with Gasteiger partial charge in [-0.25, -0.2) is 0 Å². The highest BCUT2D eigenvalue weighted by molar-refractivity contribution is 6.30. The van der Waals surface area contributed by atoms with Gasteiger partial charge in [0.15, 0.2) is 0 Å². The Morgan fingerprint density at radius 2 is 2.32 bits per heavy atom. The van der Waals surface area contributed by atoms with E-state index < -0.39 is 0 Å². The Morgan fingerprint density at radius 3 is 3.09 bits per heavy atom. The molecule has 3 rings (SSSR count). The van der Waals surface area contributed by atoms with Crippen LogP contribution in [-0.4, -0.2) is 36.5 Å². The number of carbonyl (C=O) groups excluding carboxylic acids is 1. The summed E-state index contributed by atoms with van der Waals surface area (Å²) in [5.41, 5.74) is 6.90. The van der Waals surface area contributed by atoms with Crippen LogP contribution >= 0.6 is 11.6 Å². The number of hydrogen-bond acceptors (Lipinski definition) is 3. The fourth-order valence-corrected chi connectivity index (χ4v) is 3.72. The number of rotatable bonds is 2. The first kappa shape index (κ1) is 15.6. The van der Waals surface area contributed by atoms with Crippen LogP contribution in [0.3, 0.4) is 0 Å². The summed E-state index contributed by atoms with van der Waals surface area (Å²) in [6.45, 7) is 4.01. The highest BCUT2D eigenvalue weighted by Crippen LogP contribution is 2.32. The molecule has 0 aliphatic carbocycles. The zero-order chi connectivity index (χ0) is 15.7. The van der Waals surface area contributed by atoms with Gasteiger partial charge in [-0.2, -0.15) is 0 Å². The molecule has 1 aromatic carbocycles. The van der Waals surface area contributed by atoms with E-state index in [9.17, 15) is 4.79 Å². The van der Waals surface area contributed by atoms with Gasteiger partial charge in [0.2, 0.25) is 5.91 Å². The van der Waals surface area contributed by atoms with Crippen molar-refractivity contribution >= 4 is 17.5 Å². The number of hydrogen-bond donors (Lipinski definition) is 1. The summed E-state index contributed by atoms with van der Waals surface area (Å²) < 4.78 is 5.76. The molecule has 120 valence electrons. The van der Waals surface area contributed by atoms with Gasteiger partial charge in [0, 0.05) is 24.2 Å². The molecule has 4 nitrogen and oxygen atoms in total. The van der Waals surface area contributed by atoms with E-state index in [0.29, 0.717) is 30.5 Å². The molecule has 1 amide bonds. The van der Waals surface area contributed by atoms with Crippen LogP contribution in [0.4, 0.5) is 0 Å². The maximum atomic E-state index is 12.9. The van der Waals surface area contributed by atoms with Crippen LogP contribution in [0.25, 0.3) is 0 Å². The summed E-state index contributed by atoms with van der Waals surface area (Å²) in [5.74, 6) is 1.53. The van der Waals surface area contributed by atoms with Crippen LogP contribution in [0.15, 0.2) is 18.2 Å². The van der Waals surface area contributed by atoms with Crippen molar-refractivity contribution in [3.63, 3.8) is 0 Å². The quantitative estimate of drug-likeness (QED) is 0.910. The molecule has 1 saturated heterocycles. The fraction of sp³-hybridized carbons (Fsp3) is 0.588. The summed E-state index contributed by atoms with van der Waals surface area (Å²) in [7, 11) is 0. The minimum Gasteiger partial charge on any atom is -0.492 e. The Hall–Kier alpha value is -1.26. The molecule has 0 radical (unpaired) electrons. The van der Waals surface area contributed by atoms with Crippen molar-refractivity contribution in [2.45, 2.75) is 32.2 Å². The molecule has 2 aliphatic rings. The molecule has 3 unspecified atom stereocenters. The van der Waals surface area contributed by atoms with E-state index in [2.05, 4.69) is 6.92 Å². The summed E-state index contributed by atoms with van der Waals surface area (Å²) >= 11 is 6.05. The van der Waals surface area contributed by atoms with E-state index in [4.69, 9.17) is 22.1 Å². The van der Waals surface area contributed by atoms with Gasteiger partial charge < -0.3 is 15.4 Å². The lowest BCUT2D eigenvalue weighted by Gasteiger charge is -2.40. The lowest BCUT2D eigenvalue weighted by Crippen LogP contribution is -2.52. The van der Waals surface area contributed by atoms with Gasteiger partial charge in [0.05, 0.1) is 5.92 Å². The Kier molecular flexibility index (Phi) is 4.59. The number of benzene rings is 1. The van der Waals surface area contributed by atoms with E-state index in [1.54, 1.807) is 0 Å². The average Bonchev–Trinajstić information content (AvgIpc) is 2.53. The Bertz CT molecular complexity index is 564. The van der Waals surface area contributed by atoms with E-state index in [1.165, 1.54) is 0 Å². The lowest BCUT2D eigenvalue weighted by molar-refractivity contribution is -0.141. The molecule has 22 heavy (non-hydrogen) atoms. The van der Waals surface area contributed by atoms with Crippen LogP contribution in [0, 0.1) is 11.8 Å². The zero-order valence-electron chi connectivity index (χ0n) is 12.9. The molecule has 1 aromatic rings. The molecular formula is C17H23ClN2O2. The summed E-state index contributed by atoms with van der Waals surface area (Å²) in [4.78, 5) is 14.9. The fourth-order valence-electron chi connectivity index (χ4n) is 3.52. The number of carbonyl (C=O) groups is 1. The summed E-state index contributed by atoms with van der Waals surface area (Å²) in [6.07, 6.45) is 2.74. The molecule has 0 saturated carbocycles. The molecule has 2 heterocycles. The van der Waals surface area contributed by atoms with Crippen molar-refractivity contribution in [1.82, 2.24) is 4.90 Å². The molecule has 0 bridgehead atoms. The topological polar surface area (TPSA) is 55.6 Å². The van der Waals surface area contributed by atoms with Crippen molar-refractivity contribution in [3.05, 3.63) is 28.8 Å². The number of fused-ring (bicyclic) bond motifs is 1. The zero-order valence-corrected chi connectivity index (χ0v) is 13.7. The number of likely N-dealkylation sites (tertiary alicyclic amines) is 1. The molecular weight excluding hydrogens is 300 g/mol. The summed E-state index contributed by atoms with van der Waals surface area (Å²) in [6, 6.07) is 5.76. The minimum absolute atomic E-state index is 0.131. The van der Waals surface area contributed by atoms with E-state index in [0.717, 1.165) is 30.7 Å². The van der Waals surface area contributed by atoms with Crippen molar-refractivity contribution in [1.29, 1.82) is 0 Å². The predicted molar refractivity (Wildman–Crippen MR) is 87.1 cm³/mol. The second-order valence-corrected chi connectivity index (χ2v) is 6.95. The molecule has 2 aliphatic heterocycles. The average molecular weight is 323 g/mol. The second-order valence-electron chi connectivity index (χ2n) is 6.51. The van der Waals surface area contributed by atoms with Gasteiger partial charge in [-0.1, -0.05) is 18.5 Å². The molecule has 3 atom stereocenters. The third-order valence-corrected chi connectivity index (χ3v) is 5.05. The van der Waals surface area contributed by atoms with Crippen LogP contribution < -0.4 is 10.5 Å². The van der Waals surface area contributed by atoms with Gasteiger partial charge in [-0.15, -0.1) is 0 Å². The van der Waals surface area contributed by atoms with Gasteiger partial charge in [0.25, 0.3) is 0 Å². The number of ether oxygens (including phenoxy) is 1. The number of nitrogens with zero attached hydrogens (tertiary/aromatic N) is 1. The van der Waals surface area contributed by atoms with Crippen LogP contribution in [0.2, 0.25) is 5.02 Å². The van der Waals surface area contributed by atoms with E-state index >= 15 is 0 Å². The Balaban J connectivity index is 1.73. The molecule has 1 fully saturated rings. The monoisotopic (exact) mass is 322 g/mol.